The predicted octanol–water partition coefficient (Wildman–Crippen LogP) is 3.21. The van der Waals surface area contributed by atoms with Crippen molar-refractivity contribution in [1.29, 1.82) is 0 Å². The van der Waals surface area contributed by atoms with Crippen molar-refractivity contribution in [3.63, 3.8) is 0 Å². The molecule has 0 aliphatic rings. The molecule has 8 heteroatoms. The Kier molecular flexibility index (Phi) is 3.95. The minimum absolute atomic E-state index is 0.00537. The predicted molar refractivity (Wildman–Crippen MR) is 71.8 cm³/mol. The minimum Gasteiger partial charge on any atom is -0.477 e. The van der Waals surface area contributed by atoms with Crippen LogP contribution in [0.2, 0.25) is 5.02 Å². The number of amides is 1. The molecule has 0 aliphatic carbocycles. The zero-order valence-corrected chi connectivity index (χ0v) is 11.4. The Morgan fingerprint density at radius 2 is 1.86 bits per heavy atom. The topological polar surface area (TPSA) is 82.2 Å². The van der Waals surface area contributed by atoms with Gasteiger partial charge >= 0.3 is 5.97 Å². The van der Waals surface area contributed by atoms with Gasteiger partial charge in [-0.15, -0.1) is 0 Å². The maximum Gasteiger partial charge on any atom is 0.354 e. The van der Waals surface area contributed by atoms with Crippen LogP contribution in [0.5, 0.6) is 0 Å². The van der Waals surface area contributed by atoms with Crippen LogP contribution in [0.15, 0.2) is 18.2 Å². The Morgan fingerprint density at radius 3 is 2.48 bits per heavy atom. The lowest BCUT2D eigenvalue weighted by atomic mass is 10.2. The number of hydrogen-bond acceptors (Lipinski definition) is 2. The molecule has 1 aromatic carbocycles. The summed E-state index contributed by atoms with van der Waals surface area (Å²) in [6.07, 6.45) is 0. The quantitative estimate of drug-likeness (QED) is 0.761. The van der Waals surface area contributed by atoms with Gasteiger partial charge in [-0.2, -0.15) is 0 Å². The number of anilines is 1. The van der Waals surface area contributed by atoms with Gasteiger partial charge in [0.1, 0.15) is 5.69 Å². The number of halogens is 3. The number of aromatic amines is 1. The van der Waals surface area contributed by atoms with Crippen molar-refractivity contribution in [2.75, 3.05) is 5.32 Å². The highest BCUT2D eigenvalue weighted by atomic mass is 35.5. The van der Waals surface area contributed by atoms with Crippen LogP contribution >= 0.6 is 11.6 Å². The van der Waals surface area contributed by atoms with Crippen molar-refractivity contribution in [2.24, 2.45) is 0 Å². The maximum atomic E-state index is 13.2. The molecule has 5 nitrogen and oxygen atoms in total. The number of rotatable bonds is 3. The minimum atomic E-state index is -1.27. The average molecular weight is 315 g/mol. The molecule has 0 aliphatic heterocycles. The summed E-state index contributed by atoms with van der Waals surface area (Å²) in [5, 5.41) is 11.0. The molecule has 0 bridgehead atoms. The zero-order valence-electron chi connectivity index (χ0n) is 10.6. The summed E-state index contributed by atoms with van der Waals surface area (Å²) in [6.45, 7) is 1.60. The van der Waals surface area contributed by atoms with E-state index in [1.807, 2.05) is 0 Å². The van der Waals surface area contributed by atoms with Gasteiger partial charge < -0.3 is 15.4 Å². The summed E-state index contributed by atoms with van der Waals surface area (Å²) in [5.74, 6) is -4.52. The standard InChI is InChI=1S/C13H9ClF2N2O3/c1-5-2-10(11(17-5)13(20)21)18-12(19)6-3-8(15)9(16)4-7(6)14/h2-4,17H,1H3,(H,18,19)(H,20,21). The number of hydrogen-bond donors (Lipinski definition) is 3. The summed E-state index contributed by atoms with van der Waals surface area (Å²) in [5.41, 5.74) is -0.00445. The molecule has 0 radical (unpaired) electrons. The second-order valence-electron chi connectivity index (χ2n) is 4.25. The molecule has 0 fully saturated rings. The SMILES string of the molecule is Cc1cc(NC(=O)c2cc(F)c(F)cc2Cl)c(C(=O)O)[nH]1. The number of aryl methyl sites for hydroxylation is 1. The van der Waals surface area contributed by atoms with Gasteiger partial charge in [0.05, 0.1) is 16.3 Å². The number of nitrogens with one attached hydrogen (secondary N) is 2. The lowest BCUT2D eigenvalue weighted by molar-refractivity contribution is 0.0692. The molecule has 1 amide bonds. The first-order valence-electron chi connectivity index (χ1n) is 5.68. The number of H-pyrrole nitrogens is 1. The molecule has 1 heterocycles. The molecule has 1 aromatic heterocycles. The van der Waals surface area contributed by atoms with Gasteiger partial charge in [0.15, 0.2) is 11.6 Å². The molecule has 0 atom stereocenters. The van der Waals surface area contributed by atoms with Crippen LogP contribution < -0.4 is 5.32 Å². The fourth-order valence-corrected chi connectivity index (χ4v) is 1.98. The Morgan fingerprint density at radius 1 is 1.24 bits per heavy atom. The molecule has 2 rings (SSSR count). The number of carbonyl (C=O) groups is 2. The van der Waals surface area contributed by atoms with Crippen molar-refractivity contribution >= 4 is 29.2 Å². The van der Waals surface area contributed by atoms with Gasteiger partial charge in [0.25, 0.3) is 5.91 Å². The molecule has 3 N–H and O–H groups in total. The third-order valence-electron chi connectivity index (χ3n) is 2.67. The molecule has 0 unspecified atom stereocenters. The van der Waals surface area contributed by atoms with E-state index in [1.54, 1.807) is 6.92 Å². The van der Waals surface area contributed by atoms with Gasteiger partial charge in [-0.25, -0.2) is 13.6 Å². The van der Waals surface area contributed by atoms with Crippen molar-refractivity contribution in [1.82, 2.24) is 4.98 Å². The number of aromatic nitrogens is 1. The van der Waals surface area contributed by atoms with E-state index in [-0.39, 0.29) is 22.0 Å². The third-order valence-corrected chi connectivity index (χ3v) is 2.98. The summed E-state index contributed by atoms with van der Waals surface area (Å²) in [7, 11) is 0. The lowest BCUT2D eigenvalue weighted by Gasteiger charge is -2.07. The highest BCUT2D eigenvalue weighted by Gasteiger charge is 2.19. The van der Waals surface area contributed by atoms with Crippen LogP contribution in [0.25, 0.3) is 0 Å². The lowest BCUT2D eigenvalue weighted by Crippen LogP contribution is -2.15. The molecule has 0 saturated carbocycles. The smallest absolute Gasteiger partial charge is 0.354 e. The first-order valence-corrected chi connectivity index (χ1v) is 6.06. The van der Waals surface area contributed by atoms with Crippen LogP contribution in [0.3, 0.4) is 0 Å². The highest BCUT2D eigenvalue weighted by molar-refractivity contribution is 6.34. The normalized spacial score (nSPS) is 10.5. The van der Waals surface area contributed by atoms with E-state index in [4.69, 9.17) is 16.7 Å². The summed E-state index contributed by atoms with van der Waals surface area (Å²) < 4.78 is 26.1. The molecule has 0 saturated heterocycles. The monoisotopic (exact) mass is 314 g/mol. The Balaban J connectivity index is 2.35. The van der Waals surface area contributed by atoms with Gasteiger partial charge in [0, 0.05) is 5.69 Å². The zero-order chi connectivity index (χ0) is 15.7. The van der Waals surface area contributed by atoms with Crippen LogP contribution in [0.4, 0.5) is 14.5 Å². The van der Waals surface area contributed by atoms with Crippen LogP contribution in [0.1, 0.15) is 26.5 Å². The van der Waals surface area contributed by atoms with Crippen LogP contribution in [-0.2, 0) is 0 Å². The van der Waals surface area contributed by atoms with Crippen molar-refractivity contribution in [3.05, 3.63) is 51.8 Å². The van der Waals surface area contributed by atoms with Crippen molar-refractivity contribution in [3.8, 4) is 0 Å². The fraction of sp³-hybridized carbons (Fsp3) is 0.0769. The van der Waals surface area contributed by atoms with Crippen molar-refractivity contribution < 1.29 is 23.5 Å². The van der Waals surface area contributed by atoms with Gasteiger partial charge in [0.2, 0.25) is 0 Å². The highest BCUT2D eigenvalue weighted by Crippen LogP contribution is 2.23. The van der Waals surface area contributed by atoms with E-state index >= 15 is 0 Å². The average Bonchev–Trinajstić information content (AvgIpc) is 2.74. The summed E-state index contributed by atoms with van der Waals surface area (Å²) >= 11 is 5.68. The fourth-order valence-electron chi connectivity index (χ4n) is 1.74. The van der Waals surface area contributed by atoms with Crippen LogP contribution in [0, 0.1) is 18.6 Å². The molecule has 21 heavy (non-hydrogen) atoms. The van der Waals surface area contributed by atoms with E-state index < -0.39 is 23.5 Å². The van der Waals surface area contributed by atoms with E-state index in [0.29, 0.717) is 17.8 Å². The second kappa shape index (κ2) is 5.53. The van der Waals surface area contributed by atoms with E-state index in [2.05, 4.69) is 10.3 Å². The van der Waals surface area contributed by atoms with Crippen LogP contribution in [-0.4, -0.2) is 22.0 Å². The number of aromatic carboxylic acids is 1. The molecular weight excluding hydrogens is 306 g/mol. The Hall–Kier alpha value is -2.41. The van der Waals surface area contributed by atoms with Gasteiger partial charge in [-0.3, -0.25) is 4.79 Å². The Labute approximate surface area is 122 Å². The first kappa shape index (κ1) is 15.0. The second-order valence-corrected chi connectivity index (χ2v) is 4.65. The first-order chi connectivity index (χ1) is 9.79. The number of benzene rings is 1. The molecule has 0 spiro atoms. The number of carboxylic acid groups (broad SMARTS) is 1. The molecule has 2 aromatic rings. The van der Waals surface area contributed by atoms with E-state index in [0.717, 1.165) is 0 Å². The number of carboxylic acids is 1. The summed E-state index contributed by atoms with van der Waals surface area (Å²) in [4.78, 5) is 25.5. The third kappa shape index (κ3) is 3.03. The Bertz CT molecular complexity index is 743. The largest absolute Gasteiger partial charge is 0.477 e. The van der Waals surface area contributed by atoms with E-state index in [1.165, 1.54) is 6.07 Å². The van der Waals surface area contributed by atoms with Gasteiger partial charge in [-0.05, 0) is 25.1 Å². The molecule has 110 valence electrons. The van der Waals surface area contributed by atoms with E-state index in [9.17, 15) is 18.4 Å². The van der Waals surface area contributed by atoms with Crippen molar-refractivity contribution in [2.45, 2.75) is 6.92 Å². The molecular formula is C13H9ClF2N2O3. The maximum absolute atomic E-state index is 13.2. The summed E-state index contributed by atoms with van der Waals surface area (Å²) in [6, 6.07) is 2.72. The number of carbonyl (C=O) groups excluding carboxylic acids is 1. The van der Waals surface area contributed by atoms with Gasteiger partial charge in [-0.1, -0.05) is 11.6 Å².